The molecule has 158 valence electrons. The van der Waals surface area contributed by atoms with E-state index in [2.05, 4.69) is 46.8 Å². The molecule has 2 aliphatic rings. The maximum atomic E-state index is 4.95. The Hall–Kier alpha value is -1.67. The standard InChI is InChI=1S/C21H33N7S/c1-21(2,3)17-14-18(24-19(23-17)16-6-7-16)28-11-9-27(10-12-28)8-5-13-29-20-25-22-15-26(20)4/h14-16H,5-13H2,1-4H3. The molecule has 2 fully saturated rings. The lowest BCUT2D eigenvalue weighted by atomic mass is 9.91. The quantitative estimate of drug-likeness (QED) is 0.509. The molecule has 1 saturated carbocycles. The maximum Gasteiger partial charge on any atom is 0.190 e. The van der Waals surface area contributed by atoms with E-state index in [9.17, 15) is 0 Å². The van der Waals surface area contributed by atoms with Gasteiger partial charge in [-0.25, -0.2) is 9.97 Å². The summed E-state index contributed by atoms with van der Waals surface area (Å²) >= 11 is 1.79. The predicted molar refractivity (Wildman–Crippen MR) is 118 cm³/mol. The van der Waals surface area contributed by atoms with Crippen molar-refractivity contribution in [1.29, 1.82) is 0 Å². The molecule has 8 heteroatoms. The molecule has 0 aromatic carbocycles. The van der Waals surface area contributed by atoms with Crippen molar-refractivity contribution in [2.24, 2.45) is 7.05 Å². The van der Waals surface area contributed by atoms with Crippen molar-refractivity contribution in [3.05, 3.63) is 23.9 Å². The van der Waals surface area contributed by atoms with Crippen LogP contribution in [0.4, 0.5) is 5.82 Å². The average Bonchev–Trinajstić information content (AvgIpc) is 3.47. The van der Waals surface area contributed by atoms with E-state index in [4.69, 9.17) is 9.97 Å². The first-order chi connectivity index (χ1) is 13.9. The fourth-order valence-electron chi connectivity index (χ4n) is 3.58. The molecule has 29 heavy (non-hydrogen) atoms. The number of anilines is 1. The average molecular weight is 416 g/mol. The molecule has 0 bridgehead atoms. The number of hydrogen-bond acceptors (Lipinski definition) is 7. The molecule has 0 N–H and O–H groups in total. The Morgan fingerprint density at radius 1 is 1.10 bits per heavy atom. The lowest BCUT2D eigenvalue weighted by Gasteiger charge is -2.36. The Balaban J connectivity index is 1.29. The van der Waals surface area contributed by atoms with E-state index in [1.54, 1.807) is 18.1 Å². The van der Waals surface area contributed by atoms with Gasteiger partial charge in [-0.2, -0.15) is 0 Å². The predicted octanol–water partition coefficient (Wildman–Crippen LogP) is 3.08. The van der Waals surface area contributed by atoms with E-state index in [0.29, 0.717) is 5.92 Å². The monoisotopic (exact) mass is 415 g/mol. The molecule has 2 aromatic rings. The van der Waals surface area contributed by atoms with Crippen molar-refractivity contribution in [3.63, 3.8) is 0 Å². The van der Waals surface area contributed by atoms with Crippen molar-refractivity contribution in [1.82, 2.24) is 29.6 Å². The van der Waals surface area contributed by atoms with Crippen molar-refractivity contribution in [3.8, 4) is 0 Å². The Kier molecular flexibility index (Phi) is 6.11. The number of aromatic nitrogens is 5. The van der Waals surface area contributed by atoms with Gasteiger partial charge in [-0.05, 0) is 25.8 Å². The van der Waals surface area contributed by atoms with Gasteiger partial charge in [0.25, 0.3) is 0 Å². The second kappa shape index (κ2) is 8.60. The number of thioether (sulfide) groups is 1. The molecule has 0 spiro atoms. The highest BCUT2D eigenvalue weighted by molar-refractivity contribution is 7.99. The molecule has 0 unspecified atom stereocenters. The summed E-state index contributed by atoms with van der Waals surface area (Å²) in [5.41, 5.74) is 1.23. The highest BCUT2D eigenvalue weighted by Gasteiger charge is 2.30. The first kappa shape index (κ1) is 20.6. The minimum atomic E-state index is 0.0591. The first-order valence-corrected chi connectivity index (χ1v) is 11.7. The minimum Gasteiger partial charge on any atom is -0.354 e. The van der Waals surface area contributed by atoms with Crippen LogP contribution in [0.1, 0.15) is 57.5 Å². The third kappa shape index (κ3) is 5.28. The third-order valence-electron chi connectivity index (χ3n) is 5.66. The molecule has 0 atom stereocenters. The summed E-state index contributed by atoms with van der Waals surface area (Å²) in [6.07, 6.45) is 5.42. The first-order valence-electron chi connectivity index (χ1n) is 10.7. The lowest BCUT2D eigenvalue weighted by Crippen LogP contribution is -2.47. The fraction of sp³-hybridized carbons (Fsp3) is 0.714. The number of rotatable bonds is 7. The van der Waals surface area contributed by atoms with E-state index < -0.39 is 0 Å². The summed E-state index contributed by atoms with van der Waals surface area (Å²) in [5, 5.41) is 9.07. The molecular formula is C21H33N7S. The topological polar surface area (TPSA) is 63.0 Å². The van der Waals surface area contributed by atoms with Gasteiger partial charge >= 0.3 is 0 Å². The van der Waals surface area contributed by atoms with E-state index >= 15 is 0 Å². The van der Waals surface area contributed by atoms with Gasteiger partial charge in [0.1, 0.15) is 18.0 Å². The van der Waals surface area contributed by atoms with Crippen LogP contribution in [0.3, 0.4) is 0 Å². The molecule has 0 radical (unpaired) electrons. The molecule has 4 rings (SSSR count). The maximum absolute atomic E-state index is 4.95. The van der Waals surface area contributed by atoms with Crippen molar-refractivity contribution >= 4 is 17.6 Å². The lowest BCUT2D eigenvalue weighted by molar-refractivity contribution is 0.258. The summed E-state index contributed by atoms with van der Waals surface area (Å²) in [5.74, 6) is 3.86. The van der Waals surface area contributed by atoms with Crippen LogP contribution in [0.25, 0.3) is 0 Å². The van der Waals surface area contributed by atoms with Crippen LogP contribution >= 0.6 is 11.8 Å². The second-order valence-corrected chi connectivity index (χ2v) is 10.3. The van der Waals surface area contributed by atoms with Gasteiger partial charge in [-0.3, -0.25) is 4.90 Å². The molecule has 2 aromatic heterocycles. The zero-order valence-electron chi connectivity index (χ0n) is 18.1. The smallest absolute Gasteiger partial charge is 0.190 e. The molecule has 0 amide bonds. The highest BCUT2D eigenvalue weighted by atomic mass is 32.2. The number of piperazine rings is 1. The van der Waals surface area contributed by atoms with Crippen LogP contribution in [0.15, 0.2) is 17.6 Å². The van der Waals surface area contributed by atoms with E-state index in [1.165, 1.54) is 25.0 Å². The molecule has 3 heterocycles. The summed E-state index contributed by atoms with van der Waals surface area (Å²) in [7, 11) is 1.99. The third-order valence-corrected chi connectivity index (χ3v) is 6.78. The summed E-state index contributed by atoms with van der Waals surface area (Å²) in [6.45, 7) is 12.2. The number of hydrogen-bond donors (Lipinski definition) is 0. The van der Waals surface area contributed by atoms with Gasteiger partial charge in [-0.1, -0.05) is 32.5 Å². The van der Waals surface area contributed by atoms with Crippen LogP contribution in [0.2, 0.25) is 0 Å². The van der Waals surface area contributed by atoms with Crippen LogP contribution in [0.5, 0.6) is 0 Å². The van der Waals surface area contributed by atoms with Gasteiger partial charge in [0.15, 0.2) is 5.16 Å². The Labute approximate surface area is 178 Å². The van der Waals surface area contributed by atoms with Crippen LogP contribution in [-0.4, -0.2) is 68.1 Å². The summed E-state index contributed by atoms with van der Waals surface area (Å²) in [4.78, 5) is 14.9. The largest absolute Gasteiger partial charge is 0.354 e. The molecule has 1 aliphatic heterocycles. The Bertz CT molecular complexity index is 817. The number of nitrogens with zero attached hydrogens (tertiary/aromatic N) is 7. The molecule has 7 nitrogen and oxygen atoms in total. The molecule has 1 saturated heterocycles. The van der Waals surface area contributed by atoms with Crippen LogP contribution in [-0.2, 0) is 12.5 Å². The Morgan fingerprint density at radius 2 is 1.86 bits per heavy atom. The van der Waals surface area contributed by atoms with Gasteiger partial charge in [0.05, 0.1) is 5.69 Å². The van der Waals surface area contributed by atoms with Gasteiger partial charge in [-0.15, -0.1) is 10.2 Å². The van der Waals surface area contributed by atoms with Gasteiger partial charge < -0.3 is 9.47 Å². The molecular weight excluding hydrogens is 382 g/mol. The summed E-state index contributed by atoms with van der Waals surface area (Å²) < 4.78 is 1.98. The Morgan fingerprint density at radius 3 is 2.48 bits per heavy atom. The van der Waals surface area contributed by atoms with Crippen LogP contribution < -0.4 is 4.90 Å². The summed E-state index contributed by atoms with van der Waals surface area (Å²) in [6, 6.07) is 2.22. The van der Waals surface area contributed by atoms with Gasteiger partial charge in [0, 0.05) is 56.4 Å². The van der Waals surface area contributed by atoms with Crippen molar-refractivity contribution in [2.45, 2.75) is 56.5 Å². The van der Waals surface area contributed by atoms with Crippen LogP contribution in [0, 0.1) is 0 Å². The molecule has 1 aliphatic carbocycles. The minimum absolute atomic E-state index is 0.0591. The highest BCUT2D eigenvalue weighted by Crippen LogP contribution is 2.39. The fourth-order valence-corrected chi connectivity index (χ4v) is 4.39. The van der Waals surface area contributed by atoms with Crippen molar-refractivity contribution < 1.29 is 0 Å². The van der Waals surface area contributed by atoms with Gasteiger partial charge in [0.2, 0.25) is 0 Å². The van der Waals surface area contributed by atoms with Crippen molar-refractivity contribution in [2.75, 3.05) is 43.4 Å². The normalized spacial score (nSPS) is 18.4. The zero-order chi connectivity index (χ0) is 20.4. The van der Waals surface area contributed by atoms with E-state index in [1.807, 2.05) is 11.6 Å². The SMILES string of the molecule is Cn1cnnc1SCCCN1CCN(c2cc(C(C)(C)C)nc(C3CC3)n2)CC1. The second-order valence-electron chi connectivity index (χ2n) is 9.25. The van der Waals surface area contributed by atoms with E-state index in [0.717, 1.165) is 55.3 Å². The number of aryl methyl sites for hydroxylation is 1. The van der Waals surface area contributed by atoms with E-state index in [-0.39, 0.29) is 5.41 Å². The zero-order valence-corrected chi connectivity index (χ0v) is 19.0.